The number of nitrogens with zero attached hydrogens (tertiary/aromatic N) is 6. The number of rotatable bonds is 3. The van der Waals surface area contributed by atoms with Crippen LogP contribution in [-0.2, 0) is 4.74 Å². The Balaban J connectivity index is 1.77. The van der Waals surface area contributed by atoms with Gasteiger partial charge in [0.25, 0.3) is 0 Å². The van der Waals surface area contributed by atoms with Crippen molar-refractivity contribution in [2.24, 2.45) is 0 Å². The number of hydrogen-bond acceptors (Lipinski definition) is 7. The Morgan fingerprint density at radius 3 is 2.91 bits per heavy atom. The van der Waals surface area contributed by atoms with Crippen molar-refractivity contribution < 1.29 is 14.9 Å². The first kappa shape index (κ1) is 13.3. The van der Waals surface area contributed by atoms with Crippen LogP contribution in [0.1, 0.15) is 12.6 Å². The second-order valence-corrected chi connectivity index (χ2v) is 5.11. The number of hydrogen-bond donors (Lipinski definition) is 2. The first-order valence-corrected chi connectivity index (χ1v) is 6.88. The lowest BCUT2D eigenvalue weighted by atomic mass is 10.2. The lowest BCUT2D eigenvalue weighted by Gasteiger charge is -2.13. The fourth-order valence-corrected chi connectivity index (χ4v) is 2.67. The molecule has 114 valence electrons. The van der Waals surface area contributed by atoms with Gasteiger partial charge in [-0.25, -0.2) is 19.9 Å². The summed E-state index contributed by atoms with van der Waals surface area (Å²) in [6.07, 6.45) is 6.80. The van der Waals surface area contributed by atoms with Crippen LogP contribution in [0.4, 0.5) is 0 Å². The van der Waals surface area contributed by atoms with Crippen molar-refractivity contribution in [3.8, 4) is 5.82 Å². The topological polar surface area (TPSA) is 111 Å². The molecule has 3 aromatic heterocycles. The maximum atomic E-state index is 9.87. The summed E-state index contributed by atoms with van der Waals surface area (Å²) in [6.45, 7) is -0.223. The molecule has 0 aromatic carbocycles. The zero-order valence-electron chi connectivity index (χ0n) is 11.5. The summed E-state index contributed by atoms with van der Waals surface area (Å²) in [5.74, 6) is 0.624. The molecular formula is C13H14N6O3. The molecule has 0 aliphatic carbocycles. The highest BCUT2D eigenvalue weighted by Gasteiger charge is 2.35. The van der Waals surface area contributed by atoms with Gasteiger partial charge in [-0.15, -0.1) is 0 Å². The Morgan fingerprint density at radius 2 is 2.18 bits per heavy atom. The second-order valence-electron chi connectivity index (χ2n) is 5.11. The maximum absolute atomic E-state index is 9.87. The molecule has 9 heteroatoms. The standard InChI is InChI=1S/C13H14N6O3/c20-4-9-8(21)3-10(22-9)19-7-17-11-12(15-5-16-13(11)19)18-2-1-14-6-18/h1-2,5-10,20-21H,3-4H2/t8?,9-,10-/m1/s1. The largest absolute Gasteiger partial charge is 0.394 e. The molecule has 4 heterocycles. The van der Waals surface area contributed by atoms with Gasteiger partial charge in [-0.2, -0.15) is 0 Å². The number of aliphatic hydroxyl groups is 2. The second kappa shape index (κ2) is 5.13. The van der Waals surface area contributed by atoms with E-state index in [2.05, 4.69) is 19.9 Å². The molecule has 1 fully saturated rings. The van der Waals surface area contributed by atoms with Crippen LogP contribution in [-0.4, -0.2) is 58.1 Å². The van der Waals surface area contributed by atoms with Crippen LogP contribution in [0.3, 0.4) is 0 Å². The summed E-state index contributed by atoms with van der Waals surface area (Å²) < 4.78 is 9.15. The average Bonchev–Trinajstić information content (AvgIpc) is 3.25. The van der Waals surface area contributed by atoms with Gasteiger partial charge in [0.1, 0.15) is 25.0 Å². The summed E-state index contributed by atoms with van der Waals surface area (Å²) in [5.41, 5.74) is 1.22. The SMILES string of the molecule is OC[C@H]1O[C@@H](n2cnc3c(-n4ccnc4)ncnc32)CC1O. The molecule has 0 bridgehead atoms. The third-order valence-electron chi connectivity index (χ3n) is 3.78. The van der Waals surface area contributed by atoms with Crippen LogP contribution in [0.15, 0.2) is 31.4 Å². The molecule has 1 aliphatic heterocycles. The van der Waals surface area contributed by atoms with Gasteiger partial charge in [-0.05, 0) is 0 Å². The zero-order valence-corrected chi connectivity index (χ0v) is 11.5. The van der Waals surface area contributed by atoms with E-state index in [1.165, 1.54) is 6.33 Å². The van der Waals surface area contributed by atoms with E-state index in [0.717, 1.165) is 0 Å². The highest BCUT2D eigenvalue weighted by atomic mass is 16.5. The third kappa shape index (κ3) is 1.98. The Bertz CT molecular complexity index is 786. The normalized spacial score (nSPS) is 25.1. The van der Waals surface area contributed by atoms with Gasteiger partial charge in [0, 0.05) is 18.8 Å². The molecular weight excluding hydrogens is 288 g/mol. The molecule has 0 radical (unpaired) electrons. The van der Waals surface area contributed by atoms with Crippen LogP contribution < -0.4 is 0 Å². The van der Waals surface area contributed by atoms with E-state index < -0.39 is 18.4 Å². The first-order chi connectivity index (χ1) is 10.8. The van der Waals surface area contributed by atoms with E-state index in [1.807, 2.05) is 0 Å². The monoisotopic (exact) mass is 302 g/mol. The molecule has 0 saturated carbocycles. The van der Waals surface area contributed by atoms with Gasteiger partial charge < -0.3 is 14.9 Å². The predicted molar refractivity (Wildman–Crippen MR) is 74.1 cm³/mol. The highest BCUT2D eigenvalue weighted by molar-refractivity contribution is 5.78. The molecule has 22 heavy (non-hydrogen) atoms. The summed E-state index contributed by atoms with van der Waals surface area (Å²) in [4.78, 5) is 16.9. The molecule has 3 aromatic rings. The molecule has 1 saturated heterocycles. The van der Waals surface area contributed by atoms with Crippen LogP contribution in [0.2, 0.25) is 0 Å². The quantitative estimate of drug-likeness (QED) is 0.680. The first-order valence-electron chi connectivity index (χ1n) is 6.88. The molecule has 1 aliphatic rings. The average molecular weight is 302 g/mol. The van der Waals surface area contributed by atoms with Gasteiger partial charge in [0.15, 0.2) is 17.0 Å². The number of aromatic nitrogens is 6. The number of aliphatic hydroxyl groups excluding tert-OH is 2. The van der Waals surface area contributed by atoms with Crippen LogP contribution >= 0.6 is 0 Å². The van der Waals surface area contributed by atoms with Crippen molar-refractivity contribution in [3.05, 3.63) is 31.4 Å². The fourth-order valence-electron chi connectivity index (χ4n) is 2.67. The molecule has 2 N–H and O–H groups in total. The molecule has 1 unspecified atom stereocenters. The Kier molecular flexibility index (Phi) is 3.10. The van der Waals surface area contributed by atoms with E-state index in [-0.39, 0.29) is 6.61 Å². The van der Waals surface area contributed by atoms with Crippen molar-refractivity contribution in [2.45, 2.75) is 24.9 Å². The number of fused-ring (bicyclic) bond motifs is 1. The van der Waals surface area contributed by atoms with Crippen molar-refractivity contribution in [2.75, 3.05) is 6.61 Å². The fraction of sp³-hybridized carbons (Fsp3) is 0.385. The van der Waals surface area contributed by atoms with Crippen molar-refractivity contribution >= 4 is 11.2 Å². The minimum atomic E-state index is -0.706. The molecule has 0 spiro atoms. The van der Waals surface area contributed by atoms with Crippen LogP contribution in [0.25, 0.3) is 17.0 Å². The maximum Gasteiger partial charge on any atom is 0.169 e. The predicted octanol–water partition coefficient (Wildman–Crippen LogP) is -0.347. The van der Waals surface area contributed by atoms with E-state index in [1.54, 1.807) is 34.2 Å². The van der Waals surface area contributed by atoms with Gasteiger partial charge in [-0.3, -0.25) is 9.13 Å². The van der Waals surface area contributed by atoms with Gasteiger partial charge in [0.2, 0.25) is 0 Å². The minimum Gasteiger partial charge on any atom is -0.394 e. The Hall–Kier alpha value is -2.36. The lowest BCUT2D eigenvalue weighted by Crippen LogP contribution is -2.24. The van der Waals surface area contributed by atoms with Gasteiger partial charge in [0.05, 0.1) is 19.0 Å². The molecule has 3 atom stereocenters. The highest BCUT2D eigenvalue weighted by Crippen LogP contribution is 2.31. The number of imidazole rings is 2. The zero-order chi connectivity index (χ0) is 15.1. The third-order valence-corrected chi connectivity index (χ3v) is 3.78. The van der Waals surface area contributed by atoms with E-state index in [4.69, 9.17) is 4.74 Å². The molecule has 0 amide bonds. The Morgan fingerprint density at radius 1 is 1.27 bits per heavy atom. The summed E-state index contributed by atoms with van der Waals surface area (Å²) in [7, 11) is 0. The van der Waals surface area contributed by atoms with E-state index >= 15 is 0 Å². The Labute approximate surface area is 124 Å². The van der Waals surface area contributed by atoms with Crippen molar-refractivity contribution in [1.82, 2.24) is 29.1 Å². The molecule has 4 rings (SSSR count). The van der Waals surface area contributed by atoms with E-state index in [0.29, 0.717) is 23.4 Å². The number of ether oxygens (including phenoxy) is 1. The summed E-state index contributed by atoms with van der Waals surface area (Å²) in [6, 6.07) is 0. The minimum absolute atomic E-state index is 0.223. The smallest absolute Gasteiger partial charge is 0.169 e. The molecule has 9 nitrogen and oxygen atoms in total. The van der Waals surface area contributed by atoms with Crippen LogP contribution in [0.5, 0.6) is 0 Å². The summed E-state index contributed by atoms with van der Waals surface area (Å²) in [5, 5.41) is 19.1. The van der Waals surface area contributed by atoms with Gasteiger partial charge >= 0.3 is 0 Å². The van der Waals surface area contributed by atoms with Gasteiger partial charge in [-0.1, -0.05) is 0 Å². The van der Waals surface area contributed by atoms with Crippen molar-refractivity contribution in [3.63, 3.8) is 0 Å². The van der Waals surface area contributed by atoms with Crippen molar-refractivity contribution in [1.29, 1.82) is 0 Å². The lowest BCUT2D eigenvalue weighted by molar-refractivity contribution is -0.0432. The summed E-state index contributed by atoms with van der Waals surface area (Å²) >= 11 is 0. The van der Waals surface area contributed by atoms with E-state index in [9.17, 15) is 10.2 Å². The van der Waals surface area contributed by atoms with Crippen LogP contribution in [0, 0.1) is 0 Å².